The van der Waals surface area contributed by atoms with Crippen LogP contribution in [0.3, 0.4) is 0 Å². The van der Waals surface area contributed by atoms with Gasteiger partial charge in [0.05, 0.1) is 10.0 Å². The number of ketones is 1. The van der Waals surface area contributed by atoms with Crippen molar-refractivity contribution in [2.24, 2.45) is 0 Å². The number of benzene rings is 2. The fraction of sp³-hybridized carbons (Fsp3) is 0. The molecule has 0 amide bonds. The Balaban J connectivity index is 2.55. The third-order valence-corrected chi connectivity index (χ3v) is 3.07. The first kappa shape index (κ1) is 12.7. The molecule has 2 rings (SSSR count). The summed E-state index contributed by atoms with van der Waals surface area (Å²) in [5.74, 6) is -1.93. The van der Waals surface area contributed by atoms with E-state index >= 15 is 0 Å². The molecule has 0 atom stereocenters. The van der Waals surface area contributed by atoms with Crippen LogP contribution in [0.4, 0.5) is 14.5 Å². The highest BCUT2D eigenvalue weighted by Crippen LogP contribution is 2.23. The van der Waals surface area contributed by atoms with E-state index in [9.17, 15) is 13.6 Å². The average Bonchev–Trinajstić information content (AvgIpc) is 2.35. The molecule has 5 heteroatoms. The summed E-state index contributed by atoms with van der Waals surface area (Å²) in [6, 6.07) is 7.74. The molecule has 0 bridgehead atoms. The van der Waals surface area contributed by atoms with E-state index in [1.165, 1.54) is 24.3 Å². The van der Waals surface area contributed by atoms with E-state index in [2.05, 4.69) is 15.9 Å². The highest BCUT2D eigenvalue weighted by Gasteiger charge is 2.18. The molecule has 0 aromatic heterocycles. The summed E-state index contributed by atoms with van der Waals surface area (Å²) in [6.07, 6.45) is 0. The van der Waals surface area contributed by atoms with Crippen molar-refractivity contribution in [3.05, 3.63) is 63.6 Å². The highest BCUT2D eigenvalue weighted by molar-refractivity contribution is 9.10. The minimum Gasteiger partial charge on any atom is -0.398 e. The zero-order valence-electron chi connectivity index (χ0n) is 9.08. The second-order valence-electron chi connectivity index (χ2n) is 3.66. The predicted molar refractivity (Wildman–Crippen MR) is 68.3 cm³/mol. The van der Waals surface area contributed by atoms with Gasteiger partial charge in [-0.1, -0.05) is 6.07 Å². The van der Waals surface area contributed by atoms with Crippen molar-refractivity contribution in [1.29, 1.82) is 0 Å². The van der Waals surface area contributed by atoms with Gasteiger partial charge in [-0.3, -0.25) is 4.79 Å². The fourth-order valence-corrected chi connectivity index (χ4v) is 1.92. The zero-order valence-corrected chi connectivity index (χ0v) is 10.7. The monoisotopic (exact) mass is 311 g/mol. The number of hydrogen-bond acceptors (Lipinski definition) is 2. The molecule has 2 nitrogen and oxygen atoms in total. The molecule has 2 aromatic rings. The van der Waals surface area contributed by atoms with Crippen LogP contribution in [0.1, 0.15) is 15.9 Å². The van der Waals surface area contributed by atoms with Gasteiger partial charge in [-0.2, -0.15) is 0 Å². The van der Waals surface area contributed by atoms with E-state index in [0.717, 1.165) is 12.1 Å². The first-order valence-electron chi connectivity index (χ1n) is 5.04. The largest absolute Gasteiger partial charge is 0.398 e. The number of hydrogen-bond donors (Lipinski definition) is 1. The molecule has 2 N–H and O–H groups in total. The van der Waals surface area contributed by atoms with Crippen LogP contribution in [-0.4, -0.2) is 5.78 Å². The summed E-state index contributed by atoms with van der Waals surface area (Å²) in [7, 11) is 0. The standard InChI is InChI=1S/C13H8BrF2NO/c14-10-3-1-2-8(12(10)16)13(18)9-6-7(15)4-5-11(9)17/h1-6H,17H2. The summed E-state index contributed by atoms with van der Waals surface area (Å²) in [6.45, 7) is 0. The number of rotatable bonds is 2. The number of halogens is 3. The van der Waals surface area contributed by atoms with Gasteiger partial charge in [0.1, 0.15) is 11.6 Å². The molecular weight excluding hydrogens is 304 g/mol. The van der Waals surface area contributed by atoms with E-state index in [4.69, 9.17) is 5.73 Å². The van der Waals surface area contributed by atoms with E-state index in [-0.39, 0.29) is 21.3 Å². The molecule has 0 spiro atoms. The molecule has 0 aliphatic rings. The summed E-state index contributed by atoms with van der Waals surface area (Å²) < 4.78 is 27.0. The molecule has 0 saturated heterocycles. The first-order chi connectivity index (χ1) is 8.50. The SMILES string of the molecule is Nc1ccc(F)cc1C(=O)c1cccc(Br)c1F. The summed E-state index contributed by atoms with van der Waals surface area (Å²) in [5.41, 5.74) is 5.51. The quantitative estimate of drug-likeness (QED) is 0.681. The molecule has 0 saturated carbocycles. The van der Waals surface area contributed by atoms with E-state index < -0.39 is 17.4 Å². The Morgan fingerprint density at radius 3 is 2.56 bits per heavy atom. The lowest BCUT2D eigenvalue weighted by atomic mass is 10.0. The van der Waals surface area contributed by atoms with Crippen molar-refractivity contribution in [3.8, 4) is 0 Å². The first-order valence-corrected chi connectivity index (χ1v) is 5.83. The van der Waals surface area contributed by atoms with Gasteiger partial charge in [-0.15, -0.1) is 0 Å². The van der Waals surface area contributed by atoms with Crippen LogP contribution in [0.15, 0.2) is 40.9 Å². The molecule has 92 valence electrons. The second kappa shape index (κ2) is 4.86. The van der Waals surface area contributed by atoms with Gasteiger partial charge >= 0.3 is 0 Å². The topological polar surface area (TPSA) is 43.1 Å². The van der Waals surface area contributed by atoms with Gasteiger partial charge in [-0.25, -0.2) is 8.78 Å². The van der Waals surface area contributed by atoms with E-state index in [1.807, 2.05) is 0 Å². The molecule has 0 aliphatic carbocycles. The minimum absolute atomic E-state index is 0.0491. The maximum Gasteiger partial charge on any atom is 0.198 e. The van der Waals surface area contributed by atoms with Crippen LogP contribution in [0, 0.1) is 11.6 Å². The van der Waals surface area contributed by atoms with Crippen LogP contribution < -0.4 is 5.73 Å². The van der Waals surface area contributed by atoms with Crippen molar-refractivity contribution in [3.63, 3.8) is 0 Å². The third-order valence-electron chi connectivity index (χ3n) is 2.46. The van der Waals surface area contributed by atoms with Gasteiger partial charge in [0.2, 0.25) is 0 Å². The van der Waals surface area contributed by atoms with Crippen molar-refractivity contribution in [1.82, 2.24) is 0 Å². The Hall–Kier alpha value is -1.75. The van der Waals surface area contributed by atoms with Crippen LogP contribution >= 0.6 is 15.9 Å². The molecule has 0 heterocycles. The Labute approximate surface area is 111 Å². The Morgan fingerprint density at radius 1 is 1.11 bits per heavy atom. The van der Waals surface area contributed by atoms with Crippen molar-refractivity contribution >= 4 is 27.4 Å². The number of anilines is 1. The number of carbonyl (C=O) groups is 1. The Morgan fingerprint density at radius 2 is 1.83 bits per heavy atom. The van der Waals surface area contributed by atoms with Crippen LogP contribution in [0.2, 0.25) is 0 Å². The Bertz CT molecular complexity index is 624. The molecule has 18 heavy (non-hydrogen) atoms. The number of nitrogen functional groups attached to an aromatic ring is 1. The number of carbonyl (C=O) groups excluding carboxylic acids is 1. The molecular formula is C13H8BrF2NO. The maximum absolute atomic E-state index is 13.8. The normalized spacial score (nSPS) is 10.4. The number of nitrogens with two attached hydrogens (primary N) is 1. The molecule has 0 radical (unpaired) electrons. The van der Waals surface area contributed by atoms with Gasteiger partial charge in [0.25, 0.3) is 0 Å². The van der Waals surface area contributed by atoms with Gasteiger partial charge in [0.15, 0.2) is 5.78 Å². The average molecular weight is 312 g/mol. The second-order valence-corrected chi connectivity index (χ2v) is 4.52. The van der Waals surface area contributed by atoms with Crippen molar-refractivity contribution in [2.75, 3.05) is 5.73 Å². The van der Waals surface area contributed by atoms with Gasteiger partial charge in [-0.05, 0) is 46.3 Å². The van der Waals surface area contributed by atoms with Crippen LogP contribution in [-0.2, 0) is 0 Å². The van der Waals surface area contributed by atoms with E-state index in [0.29, 0.717) is 0 Å². The highest BCUT2D eigenvalue weighted by atomic mass is 79.9. The lowest BCUT2D eigenvalue weighted by Gasteiger charge is -2.06. The predicted octanol–water partition coefficient (Wildman–Crippen LogP) is 3.54. The summed E-state index contributed by atoms with van der Waals surface area (Å²) >= 11 is 2.99. The Kier molecular flexibility index (Phi) is 3.43. The lowest BCUT2D eigenvalue weighted by Crippen LogP contribution is -2.08. The maximum atomic E-state index is 13.8. The zero-order chi connectivity index (χ0) is 13.3. The van der Waals surface area contributed by atoms with Gasteiger partial charge < -0.3 is 5.73 Å². The third kappa shape index (κ3) is 2.26. The van der Waals surface area contributed by atoms with Crippen LogP contribution in [0.5, 0.6) is 0 Å². The molecule has 0 aliphatic heterocycles. The van der Waals surface area contributed by atoms with Gasteiger partial charge in [0, 0.05) is 11.3 Å². The molecule has 2 aromatic carbocycles. The smallest absolute Gasteiger partial charge is 0.198 e. The fourth-order valence-electron chi connectivity index (χ4n) is 1.55. The summed E-state index contributed by atoms with van der Waals surface area (Å²) in [5, 5.41) is 0. The molecule has 0 unspecified atom stereocenters. The van der Waals surface area contributed by atoms with Crippen molar-refractivity contribution in [2.45, 2.75) is 0 Å². The molecule has 0 fully saturated rings. The minimum atomic E-state index is -0.689. The summed E-state index contributed by atoms with van der Waals surface area (Å²) in [4.78, 5) is 12.1. The van der Waals surface area contributed by atoms with E-state index in [1.54, 1.807) is 0 Å². The van der Waals surface area contributed by atoms with Crippen molar-refractivity contribution < 1.29 is 13.6 Å². The van der Waals surface area contributed by atoms with Crippen LogP contribution in [0.25, 0.3) is 0 Å². The lowest BCUT2D eigenvalue weighted by molar-refractivity contribution is 0.103.